The van der Waals surface area contributed by atoms with Crippen LogP contribution in [0.4, 0.5) is 0 Å². The Morgan fingerprint density at radius 3 is 2.64 bits per heavy atom. The van der Waals surface area contributed by atoms with Crippen LogP contribution in [0.1, 0.15) is 29.0 Å². The van der Waals surface area contributed by atoms with E-state index in [1.165, 1.54) is 0 Å². The maximum absolute atomic E-state index is 12.9. The van der Waals surface area contributed by atoms with Gasteiger partial charge in [-0.25, -0.2) is 0 Å². The number of ether oxygens (including phenoxy) is 1. The average molecular weight is 377 g/mol. The molecule has 1 aliphatic rings. The summed E-state index contributed by atoms with van der Waals surface area (Å²) in [6.07, 6.45) is 2.70. The maximum atomic E-state index is 12.9. The minimum atomic E-state index is 0.0277. The minimum Gasteiger partial charge on any atom is -0.457 e. The molecule has 0 aliphatic carbocycles. The van der Waals surface area contributed by atoms with Gasteiger partial charge in [0.05, 0.1) is 0 Å². The van der Waals surface area contributed by atoms with Crippen LogP contribution in [0, 0.1) is 5.92 Å². The van der Waals surface area contributed by atoms with Gasteiger partial charge in [0.2, 0.25) is 0 Å². The number of hydrogen-bond acceptors (Lipinski definition) is 6. The Labute approximate surface area is 163 Å². The second kappa shape index (κ2) is 8.75. The zero-order chi connectivity index (χ0) is 19.2. The molecule has 1 aliphatic heterocycles. The molecule has 1 fully saturated rings. The fraction of sp³-hybridized carbons (Fsp3) is 0.333. The van der Waals surface area contributed by atoms with Crippen molar-refractivity contribution in [3.63, 3.8) is 0 Å². The lowest BCUT2D eigenvalue weighted by molar-refractivity contribution is 0.0820. The smallest absolute Gasteiger partial charge is 0.175 e. The normalized spacial score (nSPS) is 17.4. The number of hydrogen-bond donors (Lipinski definition) is 1. The third kappa shape index (κ3) is 4.61. The highest BCUT2D eigenvalue weighted by atomic mass is 16.5. The molecule has 1 N–H and O–H groups in total. The summed E-state index contributed by atoms with van der Waals surface area (Å²) >= 11 is 0. The van der Waals surface area contributed by atoms with Crippen LogP contribution in [-0.4, -0.2) is 50.9 Å². The van der Waals surface area contributed by atoms with Crippen LogP contribution in [0.3, 0.4) is 0 Å². The molecule has 0 unspecified atom stereocenters. The largest absolute Gasteiger partial charge is 0.457 e. The van der Waals surface area contributed by atoms with E-state index in [9.17, 15) is 4.79 Å². The number of aromatic amines is 1. The molecular formula is C21H23N5O2. The second-order valence-electron chi connectivity index (χ2n) is 7.02. The lowest BCUT2D eigenvalue weighted by atomic mass is 9.90. The van der Waals surface area contributed by atoms with Crippen LogP contribution in [0.25, 0.3) is 0 Å². The first-order valence-corrected chi connectivity index (χ1v) is 9.60. The molecule has 3 aromatic rings. The number of carbonyl (C=O) groups is 1. The molecule has 0 spiro atoms. The summed E-state index contributed by atoms with van der Waals surface area (Å²) in [5, 5.41) is 14.0. The van der Waals surface area contributed by atoms with Gasteiger partial charge < -0.3 is 9.64 Å². The molecule has 0 saturated carbocycles. The molecule has 1 aromatic heterocycles. The third-order valence-electron chi connectivity index (χ3n) is 5.03. The number of ketones is 1. The van der Waals surface area contributed by atoms with E-state index in [4.69, 9.17) is 4.74 Å². The van der Waals surface area contributed by atoms with E-state index in [-0.39, 0.29) is 11.7 Å². The van der Waals surface area contributed by atoms with E-state index < -0.39 is 0 Å². The zero-order valence-electron chi connectivity index (χ0n) is 15.6. The van der Waals surface area contributed by atoms with E-state index in [0.29, 0.717) is 5.82 Å². The molecule has 7 heteroatoms. The number of H-pyrrole nitrogens is 1. The first kappa shape index (κ1) is 18.3. The fourth-order valence-electron chi connectivity index (χ4n) is 3.57. The number of likely N-dealkylation sites (tertiary alicyclic amines) is 1. The van der Waals surface area contributed by atoms with E-state index in [2.05, 4.69) is 25.5 Å². The predicted octanol–water partition coefficient (Wildman–Crippen LogP) is 3.13. The van der Waals surface area contributed by atoms with Crippen LogP contribution in [-0.2, 0) is 6.42 Å². The van der Waals surface area contributed by atoms with Crippen molar-refractivity contribution in [3.05, 3.63) is 66.0 Å². The predicted molar refractivity (Wildman–Crippen MR) is 104 cm³/mol. The van der Waals surface area contributed by atoms with Crippen molar-refractivity contribution in [1.82, 2.24) is 25.5 Å². The summed E-state index contributed by atoms with van der Waals surface area (Å²) in [5.41, 5.74) is 0.741. The van der Waals surface area contributed by atoms with Gasteiger partial charge in [0.25, 0.3) is 0 Å². The molecular weight excluding hydrogens is 354 g/mol. The van der Waals surface area contributed by atoms with Crippen molar-refractivity contribution >= 4 is 5.78 Å². The lowest BCUT2D eigenvalue weighted by Crippen LogP contribution is -2.39. The highest BCUT2D eigenvalue weighted by Gasteiger charge is 2.26. The molecule has 1 atom stereocenters. The Kier molecular flexibility index (Phi) is 5.72. The van der Waals surface area contributed by atoms with Crippen LogP contribution in [0.5, 0.6) is 11.5 Å². The number of para-hydroxylation sites is 1. The molecule has 144 valence electrons. The minimum absolute atomic E-state index is 0.0277. The molecule has 2 heterocycles. The monoisotopic (exact) mass is 377 g/mol. The number of nitrogens with one attached hydrogen (secondary N) is 1. The van der Waals surface area contributed by atoms with E-state index >= 15 is 0 Å². The number of aromatic nitrogens is 4. The van der Waals surface area contributed by atoms with Crippen molar-refractivity contribution < 1.29 is 9.53 Å². The molecule has 1 saturated heterocycles. The summed E-state index contributed by atoms with van der Waals surface area (Å²) in [6.45, 7) is 2.62. The molecule has 28 heavy (non-hydrogen) atoms. The molecule has 0 amide bonds. The summed E-state index contributed by atoms with van der Waals surface area (Å²) in [5.74, 6) is 2.46. The fourth-order valence-corrected chi connectivity index (χ4v) is 3.57. The Morgan fingerprint density at radius 2 is 1.89 bits per heavy atom. The first-order valence-electron chi connectivity index (χ1n) is 9.60. The molecule has 0 bridgehead atoms. The van der Waals surface area contributed by atoms with Gasteiger partial charge in [-0.2, -0.15) is 5.21 Å². The second-order valence-corrected chi connectivity index (χ2v) is 7.02. The van der Waals surface area contributed by atoms with Gasteiger partial charge in [0.15, 0.2) is 11.6 Å². The van der Waals surface area contributed by atoms with Crippen molar-refractivity contribution in [2.24, 2.45) is 5.92 Å². The van der Waals surface area contributed by atoms with Gasteiger partial charge >= 0.3 is 0 Å². The van der Waals surface area contributed by atoms with Crippen LogP contribution >= 0.6 is 0 Å². The summed E-state index contributed by atoms with van der Waals surface area (Å²) in [6, 6.07) is 17.1. The molecule has 4 rings (SSSR count). The summed E-state index contributed by atoms with van der Waals surface area (Å²) in [7, 11) is 0. The van der Waals surface area contributed by atoms with Crippen LogP contribution in [0.2, 0.25) is 0 Å². The maximum Gasteiger partial charge on any atom is 0.175 e. The lowest BCUT2D eigenvalue weighted by Gasteiger charge is -2.31. The van der Waals surface area contributed by atoms with E-state index in [1.807, 2.05) is 54.6 Å². The number of Topliss-reactive ketones (excluding diaryl/α,β-unsaturated/α-hetero) is 1. The standard InChI is InChI=1S/C21H23N5O2/c27-21(16-8-10-19(11-9-16)28-18-6-2-1-3-7-18)17-5-4-13-26(15-17)14-12-20-22-24-25-23-20/h1-3,6-11,17H,4-5,12-15H2,(H,22,23,24,25)/t17-/m0/s1. The topological polar surface area (TPSA) is 84.0 Å². The summed E-state index contributed by atoms with van der Waals surface area (Å²) < 4.78 is 5.80. The van der Waals surface area contributed by atoms with Crippen LogP contribution < -0.4 is 4.74 Å². The number of rotatable bonds is 7. The van der Waals surface area contributed by atoms with Gasteiger partial charge in [-0.15, -0.1) is 10.2 Å². The van der Waals surface area contributed by atoms with E-state index in [0.717, 1.165) is 56.0 Å². The van der Waals surface area contributed by atoms with Crippen molar-refractivity contribution in [2.75, 3.05) is 19.6 Å². The zero-order valence-corrected chi connectivity index (χ0v) is 15.6. The number of nitrogens with zero attached hydrogens (tertiary/aromatic N) is 4. The quantitative estimate of drug-likeness (QED) is 0.637. The SMILES string of the molecule is O=C(c1ccc(Oc2ccccc2)cc1)[C@H]1CCCN(CCc2nn[nH]n2)C1. The van der Waals surface area contributed by atoms with Gasteiger partial charge in [0.1, 0.15) is 11.5 Å². The summed E-state index contributed by atoms with van der Waals surface area (Å²) in [4.78, 5) is 15.3. The van der Waals surface area contributed by atoms with Gasteiger partial charge in [-0.1, -0.05) is 23.4 Å². The number of tetrazole rings is 1. The third-order valence-corrected chi connectivity index (χ3v) is 5.03. The van der Waals surface area contributed by atoms with Crippen molar-refractivity contribution in [2.45, 2.75) is 19.3 Å². The molecule has 7 nitrogen and oxygen atoms in total. The molecule has 0 radical (unpaired) electrons. The van der Waals surface area contributed by atoms with Gasteiger partial charge in [0, 0.05) is 31.0 Å². The van der Waals surface area contributed by atoms with Crippen molar-refractivity contribution in [3.8, 4) is 11.5 Å². The van der Waals surface area contributed by atoms with Gasteiger partial charge in [-0.05, 0) is 55.8 Å². The Hall–Kier alpha value is -3.06. The number of carbonyl (C=O) groups excluding carboxylic acids is 1. The Morgan fingerprint density at radius 1 is 1.11 bits per heavy atom. The highest BCUT2D eigenvalue weighted by molar-refractivity contribution is 5.98. The van der Waals surface area contributed by atoms with Crippen LogP contribution in [0.15, 0.2) is 54.6 Å². The van der Waals surface area contributed by atoms with Gasteiger partial charge in [-0.3, -0.25) is 4.79 Å². The Balaban J connectivity index is 1.34. The average Bonchev–Trinajstić information content (AvgIpc) is 3.27. The molecule has 2 aromatic carbocycles. The highest BCUT2D eigenvalue weighted by Crippen LogP contribution is 2.24. The first-order chi connectivity index (χ1) is 13.8. The number of piperidine rings is 1. The van der Waals surface area contributed by atoms with Crippen molar-refractivity contribution in [1.29, 1.82) is 0 Å². The Bertz CT molecular complexity index is 881. The van der Waals surface area contributed by atoms with E-state index in [1.54, 1.807) is 0 Å². The number of benzene rings is 2.